The Morgan fingerprint density at radius 2 is 1.86 bits per heavy atom. The van der Waals surface area contributed by atoms with Crippen molar-refractivity contribution in [2.75, 3.05) is 26.7 Å². The lowest BCUT2D eigenvalue weighted by molar-refractivity contribution is -0.137. The summed E-state index contributed by atoms with van der Waals surface area (Å²) in [5.41, 5.74) is 0.176. The molecule has 0 radical (unpaired) electrons. The number of likely N-dealkylation sites (tertiary alicyclic amines) is 1. The normalized spacial score (nSPS) is 16.0. The number of amides is 1. The number of hydrogen-bond donors (Lipinski definition) is 1. The lowest BCUT2D eigenvalue weighted by Gasteiger charge is -2.28. The second kappa shape index (κ2) is 8.65. The Labute approximate surface area is 162 Å². The third-order valence-electron chi connectivity index (χ3n) is 4.97. The van der Waals surface area contributed by atoms with Gasteiger partial charge in [-0.1, -0.05) is 18.2 Å². The van der Waals surface area contributed by atoms with Crippen LogP contribution in [0.4, 0.5) is 13.2 Å². The van der Waals surface area contributed by atoms with Crippen molar-refractivity contribution in [1.29, 1.82) is 0 Å². The topological polar surface area (TPSA) is 41.6 Å². The number of halogens is 3. The first-order chi connectivity index (χ1) is 13.4. The van der Waals surface area contributed by atoms with E-state index in [2.05, 4.69) is 10.2 Å². The van der Waals surface area contributed by atoms with Gasteiger partial charge in [0.15, 0.2) is 0 Å². The third kappa shape index (κ3) is 4.84. The molecule has 150 valence electrons. The molecular formula is C21H23F3N2O2. The first-order valence-corrected chi connectivity index (χ1v) is 9.22. The Hall–Kier alpha value is -2.54. The molecule has 3 rings (SSSR count). The molecule has 28 heavy (non-hydrogen) atoms. The van der Waals surface area contributed by atoms with E-state index in [0.29, 0.717) is 6.54 Å². The van der Waals surface area contributed by atoms with Crippen LogP contribution in [0.25, 0.3) is 0 Å². The van der Waals surface area contributed by atoms with Gasteiger partial charge in [-0.15, -0.1) is 0 Å². The van der Waals surface area contributed by atoms with E-state index in [4.69, 9.17) is 4.74 Å². The summed E-state index contributed by atoms with van der Waals surface area (Å²) in [7, 11) is 1.60. The molecule has 4 nitrogen and oxygen atoms in total. The lowest BCUT2D eigenvalue weighted by Crippen LogP contribution is -2.36. The van der Waals surface area contributed by atoms with Crippen molar-refractivity contribution >= 4 is 5.91 Å². The van der Waals surface area contributed by atoms with Gasteiger partial charge < -0.3 is 10.1 Å². The zero-order valence-corrected chi connectivity index (χ0v) is 15.6. The van der Waals surface area contributed by atoms with E-state index in [1.54, 1.807) is 7.11 Å². The fourth-order valence-corrected chi connectivity index (χ4v) is 3.49. The largest absolute Gasteiger partial charge is 0.497 e. The molecule has 1 atom stereocenters. The average Bonchev–Trinajstić information content (AvgIpc) is 3.22. The Morgan fingerprint density at radius 3 is 2.54 bits per heavy atom. The summed E-state index contributed by atoms with van der Waals surface area (Å²) in [6, 6.07) is 12.1. The van der Waals surface area contributed by atoms with Gasteiger partial charge in [-0.05, 0) is 61.8 Å². The molecule has 2 aromatic carbocycles. The number of methoxy groups -OCH3 is 1. The summed E-state index contributed by atoms with van der Waals surface area (Å²) in [6.07, 6.45) is -2.31. The van der Waals surface area contributed by atoms with Crippen LogP contribution < -0.4 is 10.1 Å². The Balaban J connectivity index is 1.75. The van der Waals surface area contributed by atoms with Crippen molar-refractivity contribution in [3.63, 3.8) is 0 Å². The molecule has 1 fully saturated rings. The summed E-state index contributed by atoms with van der Waals surface area (Å²) >= 11 is 0. The average molecular weight is 392 g/mol. The van der Waals surface area contributed by atoms with Crippen LogP contribution in [0.3, 0.4) is 0 Å². The van der Waals surface area contributed by atoms with Crippen LogP contribution in [0.1, 0.15) is 40.4 Å². The maximum atomic E-state index is 12.9. The number of hydrogen-bond acceptors (Lipinski definition) is 3. The third-order valence-corrected chi connectivity index (χ3v) is 4.97. The molecule has 0 aliphatic carbocycles. The Bertz CT molecular complexity index is 817. The molecule has 1 aliphatic heterocycles. The predicted molar refractivity (Wildman–Crippen MR) is 100 cm³/mol. The fraction of sp³-hybridized carbons (Fsp3) is 0.381. The standard InChI is InChI=1S/C21H23F3N2O2/c1-28-18-9-5-6-15(13-18)19(26-10-2-3-11-26)14-25-20(27)16-7-4-8-17(12-16)21(22,23)24/h4-9,12-13,19H,2-3,10-11,14H2,1H3,(H,25,27). The van der Waals surface area contributed by atoms with Crippen molar-refractivity contribution in [3.05, 3.63) is 65.2 Å². The molecular weight excluding hydrogens is 369 g/mol. The summed E-state index contributed by atoms with van der Waals surface area (Å²) in [6.45, 7) is 2.14. The zero-order valence-electron chi connectivity index (χ0n) is 15.6. The van der Waals surface area contributed by atoms with Crippen molar-refractivity contribution in [2.24, 2.45) is 0 Å². The van der Waals surface area contributed by atoms with Crippen molar-refractivity contribution in [3.8, 4) is 5.75 Å². The van der Waals surface area contributed by atoms with Gasteiger partial charge in [0.25, 0.3) is 5.91 Å². The SMILES string of the molecule is COc1cccc(C(CNC(=O)c2cccc(C(F)(F)F)c2)N2CCCC2)c1. The van der Waals surface area contributed by atoms with Crippen molar-refractivity contribution < 1.29 is 22.7 Å². The van der Waals surface area contributed by atoms with Crippen LogP contribution in [0.5, 0.6) is 5.75 Å². The molecule has 1 unspecified atom stereocenters. The monoisotopic (exact) mass is 392 g/mol. The highest BCUT2D eigenvalue weighted by atomic mass is 19.4. The quantitative estimate of drug-likeness (QED) is 0.798. The number of alkyl halides is 3. The van der Waals surface area contributed by atoms with E-state index in [0.717, 1.165) is 49.4 Å². The minimum atomic E-state index is -4.48. The van der Waals surface area contributed by atoms with Crippen LogP contribution in [0.2, 0.25) is 0 Å². The number of carbonyl (C=O) groups excluding carboxylic acids is 1. The molecule has 1 saturated heterocycles. The predicted octanol–water partition coefficient (Wildman–Crippen LogP) is 4.28. The van der Waals surface area contributed by atoms with Gasteiger partial charge in [-0.2, -0.15) is 13.2 Å². The highest BCUT2D eigenvalue weighted by Crippen LogP contribution is 2.30. The molecule has 2 aromatic rings. The number of benzene rings is 2. The van der Waals surface area contributed by atoms with Gasteiger partial charge in [-0.3, -0.25) is 9.69 Å². The Morgan fingerprint density at radius 1 is 1.14 bits per heavy atom. The first-order valence-electron chi connectivity index (χ1n) is 9.22. The summed E-state index contributed by atoms with van der Waals surface area (Å²) < 4.78 is 44.0. The van der Waals surface area contributed by atoms with E-state index >= 15 is 0 Å². The molecule has 0 saturated carbocycles. The molecule has 0 bridgehead atoms. The maximum Gasteiger partial charge on any atom is 0.416 e. The second-order valence-electron chi connectivity index (χ2n) is 6.82. The van der Waals surface area contributed by atoms with Crippen LogP contribution in [-0.2, 0) is 6.18 Å². The number of rotatable bonds is 6. The van der Waals surface area contributed by atoms with Gasteiger partial charge in [0.05, 0.1) is 18.7 Å². The second-order valence-corrected chi connectivity index (χ2v) is 6.82. The molecule has 1 aliphatic rings. The van der Waals surface area contributed by atoms with Crippen LogP contribution in [0.15, 0.2) is 48.5 Å². The number of carbonyl (C=O) groups is 1. The molecule has 1 heterocycles. The van der Waals surface area contributed by atoms with E-state index in [9.17, 15) is 18.0 Å². The van der Waals surface area contributed by atoms with Gasteiger partial charge in [-0.25, -0.2) is 0 Å². The van der Waals surface area contributed by atoms with Gasteiger partial charge in [0.1, 0.15) is 5.75 Å². The highest BCUT2D eigenvalue weighted by Gasteiger charge is 2.31. The minimum Gasteiger partial charge on any atom is -0.497 e. The van der Waals surface area contributed by atoms with E-state index in [1.165, 1.54) is 12.1 Å². The molecule has 1 N–H and O–H groups in total. The van der Waals surface area contributed by atoms with Crippen LogP contribution in [0, 0.1) is 0 Å². The van der Waals surface area contributed by atoms with Crippen molar-refractivity contribution in [1.82, 2.24) is 10.2 Å². The summed E-state index contributed by atoms with van der Waals surface area (Å²) in [5.74, 6) is 0.212. The maximum absolute atomic E-state index is 12.9. The summed E-state index contributed by atoms with van der Waals surface area (Å²) in [5, 5.41) is 2.80. The number of ether oxygens (including phenoxy) is 1. The van der Waals surface area contributed by atoms with Crippen LogP contribution >= 0.6 is 0 Å². The summed E-state index contributed by atoms with van der Waals surface area (Å²) in [4.78, 5) is 14.8. The van der Waals surface area contributed by atoms with Gasteiger partial charge in [0.2, 0.25) is 0 Å². The molecule has 1 amide bonds. The first kappa shape index (κ1) is 20.2. The minimum absolute atomic E-state index is 0.000592. The Kier molecular flexibility index (Phi) is 6.24. The molecule has 7 heteroatoms. The van der Waals surface area contributed by atoms with E-state index < -0.39 is 17.6 Å². The van der Waals surface area contributed by atoms with Gasteiger partial charge in [0, 0.05) is 12.1 Å². The number of nitrogens with zero attached hydrogens (tertiary/aromatic N) is 1. The number of nitrogens with one attached hydrogen (secondary N) is 1. The van der Waals surface area contributed by atoms with Crippen LogP contribution in [-0.4, -0.2) is 37.6 Å². The van der Waals surface area contributed by atoms with Crippen molar-refractivity contribution in [2.45, 2.75) is 25.1 Å². The van der Waals surface area contributed by atoms with E-state index in [1.807, 2.05) is 24.3 Å². The lowest BCUT2D eigenvalue weighted by atomic mass is 10.0. The fourth-order valence-electron chi connectivity index (χ4n) is 3.49. The molecule has 0 spiro atoms. The van der Waals surface area contributed by atoms with E-state index in [-0.39, 0.29) is 11.6 Å². The smallest absolute Gasteiger partial charge is 0.416 e. The van der Waals surface area contributed by atoms with Gasteiger partial charge >= 0.3 is 6.18 Å². The molecule has 0 aromatic heterocycles. The zero-order chi connectivity index (χ0) is 20.1. The highest BCUT2D eigenvalue weighted by molar-refractivity contribution is 5.94.